The third-order valence-corrected chi connectivity index (χ3v) is 4.13. The molecule has 0 radical (unpaired) electrons. The molecule has 0 saturated carbocycles. The second kappa shape index (κ2) is 11.2. The summed E-state index contributed by atoms with van der Waals surface area (Å²) >= 11 is 0. The van der Waals surface area contributed by atoms with Crippen molar-refractivity contribution in [2.75, 3.05) is 65.4 Å². The third kappa shape index (κ3) is 6.96. The van der Waals surface area contributed by atoms with E-state index in [1.807, 2.05) is 0 Å². The molecule has 23 heavy (non-hydrogen) atoms. The van der Waals surface area contributed by atoms with E-state index < -0.39 is 5.85 Å². The average molecular weight is 332 g/mol. The van der Waals surface area contributed by atoms with Crippen molar-refractivity contribution in [1.82, 2.24) is 26.2 Å². The summed E-state index contributed by atoms with van der Waals surface area (Å²) in [5, 5.41) is 23.9. The fourth-order valence-corrected chi connectivity index (χ4v) is 2.84. The van der Waals surface area contributed by atoms with E-state index in [2.05, 4.69) is 26.2 Å². The summed E-state index contributed by atoms with van der Waals surface area (Å²) < 4.78 is 0. The van der Waals surface area contributed by atoms with Crippen LogP contribution in [-0.4, -0.2) is 93.4 Å². The molecule has 0 spiro atoms. The quantitative estimate of drug-likeness (QED) is 0.117. The fraction of sp³-hybridized carbons (Fsp3) is 1.00. The minimum atomic E-state index is -1.04. The van der Waals surface area contributed by atoms with E-state index in [4.69, 9.17) is 17.2 Å². The van der Waals surface area contributed by atoms with Crippen LogP contribution in [0.25, 0.3) is 0 Å². The summed E-state index contributed by atoms with van der Waals surface area (Å²) in [5.74, 6) is -1.04. The molecule has 0 aliphatic carbocycles. The van der Waals surface area contributed by atoms with Crippen molar-refractivity contribution in [3.63, 3.8) is 0 Å². The predicted molar refractivity (Wildman–Crippen MR) is 93.8 cm³/mol. The van der Waals surface area contributed by atoms with Crippen LogP contribution in [0.15, 0.2) is 0 Å². The number of nitrogens with two attached hydrogens (primary N) is 3. The first-order valence-corrected chi connectivity index (χ1v) is 8.56. The molecule has 138 valence electrons. The first-order valence-electron chi connectivity index (χ1n) is 8.56. The lowest BCUT2D eigenvalue weighted by molar-refractivity contribution is -0.184. The highest BCUT2D eigenvalue weighted by Crippen LogP contribution is 2.24. The summed E-state index contributed by atoms with van der Waals surface area (Å²) in [7, 11) is 0. The zero-order valence-corrected chi connectivity index (χ0v) is 14.4. The molecule has 0 amide bonds. The SMILES string of the molecule is CC(O)(NCCNCCN)N1CC(NCCN)C1CNCCN. The van der Waals surface area contributed by atoms with Gasteiger partial charge in [-0.05, 0) is 6.92 Å². The Morgan fingerprint density at radius 2 is 1.65 bits per heavy atom. The molecule has 9 nitrogen and oxygen atoms in total. The van der Waals surface area contributed by atoms with Gasteiger partial charge in [0, 0.05) is 77.5 Å². The normalized spacial score (nSPS) is 24.4. The summed E-state index contributed by atoms with van der Waals surface area (Å²) in [6.07, 6.45) is 0. The van der Waals surface area contributed by atoms with Crippen molar-refractivity contribution < 1.29 is 5.11 Å². The van der Waals surface area contributed by atoms with Crippen LogP contribution < -0.4 is 38.5 Å². The maximum absolute atomic E-state index is 10.7. The van der Waals surface area contributed by atoms with E-state index in [-0.39, 0.29) is 6.04 Å². The zero-order chi connectivity index (χ0) is 17.1. The Balaban J connectivity index is 2.43. The van der Waals surface area contributed by atoms with E-state index in [0.717, 1.165) is 39.3 Å². The molecule has 3 unspecified atom stereocenters. The van der Waals surface area contributed by atoms with Gasteiger partial charge in [-0.3, -0.25) is 10.2 Å². The van der Waals surface area contributed by atoms with E-state index in [9.17, 15) is 5.11 Å². The van der Waals surface area contributed by atoms with Crippen molar-refractivity contribution in [1.29, 1.82) is 0 Å². The third-order valence-electron chi connectivity index (χ3n) is 4.13. The second-order valence-electron chi connectivity index (χ2n) is 6.05. The molecule has 1 saturated heterocycles. The smallest absolute Gasteiger partial charge is 0.171 e. The van der Waals surface area contributed by atoms with Crippen molar-refractivity contribution >= 4 is 0 Å². The minimum absolute atomic E-state index is 0.201. The van der Waals surface area contributed by atoms with E-state index in [1.165, 1.54) is 0 Å². The van der Waals surface area contributed by atoms with Gasteiger partial charge in [0.1, 0.15) is 0 Å². The molecule has 3 atom stereocenters. The molecule has 9 heteroatoms. The lowest BCUT2D eigenvalue weighted by Gasteiger charge is -2.55. The number of nitrogens with one attached hydrogen (secondary N) is 4. The van der Waals surface area contributed by atoms with Gasteiger partial charge < -0.3 is 38.3 Å². The predicted octanol–water partition coefficient (Wildman–Crippen LogP) is -4.06. The Morgan fingerprint density at radius 3 is 2.30 bits per heavy atom. The van der Waals surface area contributed by atoms with Crippen LogP contribution in [0.1, 0.15) is 6.92 Å². The summed E-state index contributed by atoms with van der Waals surface area (Å²) in [6, 6.07) is 0.528. The van der Waals surface area contributed by atoms with Gasteiger partial charge >= 0.3 is 0 Å². The molecule has 0 aromatic heterocycles. The van der Waals surface area contributed by atoms with Crippen LogP contribution in [0, 0.1) is 0 Å². The zero-order valence-electron chi connectivity index (χ0n) is 14.4. The summed E-state index contributed by atoms with van der Waals surface area (Å²) in [6.45, 7) is 8.97. The number of aliphatic hydroxyl groups is 1. The van der Waals surface area contributed by atoms with Gasteiger partial charge in [-0.2, -0.15) is 0 Å². The Kier molecular flexibility index (Phi) is 10.1. The summed E-state index contributed by atoms with van der Waals surface area (Å²) in [5.41, 5.74) is 16.5. The van der Waals surface area contributed by atoms with Crippen LogP contribution in [0.3, 0.4) is 0 Å². The highest BCUT2D eigenvalue weighted by Gasteiger charge is 2.46. The van der Waals surface area contributed by atoms with E-state index >= 15 is 0 Å². The first-order chi connectivity index (χ1) is 11.1. The highest BCUT2D eigenvalue weighted by atomic mass is 16.3. The molecule has 1 rings (SSSR count). The van der Waals surface area contributed by atoms with Crippen molar-refractivity contribution in [3.8, 4) is 0 Å². The van der Waals surface area contributed by atoms with Gasteiger partial charge in [-0.15, -0.1) is 0 Å². The average Bonchev–Trinajstić information content (AvgIpc) is 2.50. The lowest BCUT2D eigenvalue weighted by atomic mass is 9.94. The van der Waals surface area contributed by atoms with E-state index in [1.54, 1.807) is 6.92 Å². The van der Waals surface area contributed by atoms with Gasteiger partial charge in [0.25, 0.3) is 0 Å². The number of hydrogen-bond acceptors (Lipinski definition) is 9. The molecule has 11 N–H and O–H groups in total. The van der Waals surface area contributed by atoms with Crippen molar-refractivity contribution in [3.05, 3.63) is 0 Å². The van der Waals surface area contributed by atoms with Crippen LogP contribution >= 0.6 is 0 Å². The lowest BCUT2D eigenvalue weighted by Crippen LogP contribution is -2.77. The second-order valence-corrected chi connectivity index (χ2v) is 6.05. The molecule has 0 bridgehead atoms. The molecular formula is C14H36N8O. The minimum Gasteiger partial charge on any atom is -0.363 e. The van der Waals surface area contributed by atoms with Crippen LogP contribution in [0.2, 0.25) is 0 Å². The molecule has 1 fully saturated rings. The van der Waals surface area contributed by atoms with Gasteiger partial charge in [-0.1, -0.05) is 0 Å². The number of nitrogens with zero attached hydrogens (tertiary/aromatic N) is 1. The maximum Gasteiger partial charge on any atom is 0.171 e. The van der Waals surface area contributed by atoms with Gasteiger partial charge in [0.05, 0.1) is 0 Å². The van der Waals surface area contributed by atoms with E-state index in [0.29, 0.717) is 32.2 Å². The molecule has 1 heterocycles. The van der Waals surface area contributed by atoms with Crippen LogP contribution in [-0.2, 0) is 0 Å². The molecule has 0 aromatic carbocycles. The number of likely N-dealkylation sites (tertiary alicyclic amines) is 1. The van der Waals surface area contributed by atoms with Gasteiger partial charge in [-0.25, -0.2) is 0 Å². The molecule has 1 aliphatic heterocycles. The Hall–Kier alpha value is -0.360. The molecule has 1 aliphatic rings. The van der Waals surface area contributed by atoms with Crippen LogP contribution in [0.4, 0.5) is 0 Å². The monoisotopic (exact) mass is 332 g/mol. The molecular weight excluding hydrogens is 296 g/mol. The van der Waals surface area contributed by atoms with Gasteiger partial charge in [0.2, 0.25) is 0 Å². The van der Waals surface area contributed by atoms with Crippen molar-refractivity contribution in [2.24, 2.45) is 17.2 Å². The number of hydrogen-bond donors (Lipinski definition) is 8. The largest absolute Gasteiger partial charge is 0.363 e. The highest BCUT2D eigenvalue weighted by molar-refractivity contribution is 5.01. The molecule has 0 aromatic rings. The first kappa shape index (κ1) is 20.7. The number of rotatable bonds is 14. The maximum atomic E-state index is 10.7. The Labute approximate surface area is 139 Å². The fourth-order valence-electron chi connectivity index (χ4n) is 2.84. The van der Waals surface area contributed by atoms with Crippen molar-refractivity contribution in [2.45, 2.75) is 24.9 Å². The van der Waals surface area contributed by atoms with Gasteiger partial charge in [0.15, 0.2) is 5.85 Å². The Morgan fingerprint density at radius 1 is 1.00 bits per heavy atom. The van der Waals surface area contributed by atoms with Crippen LogP contribution in [0.5, 0.6) is 0 Å². The standard InChI is InChI=1S/C14H36N8O/c1-14(23,21-9-8-18-5-2-15)22-11-12(20-7-4-17)13(22)10-19-6-3-16/h12-13,18-21,23H,2-11,15-17H2,1H3. The summed E-state index contributed by atoms with van der Waals surface area (Å²) in [4.78, 5) is 2.06. The topological polar surface area (TPSA) is 150 Å². The Bertz CT molecular complexity index is 305.